The molecule has 126 valence electrons. The average Bonchev–Trinajstić information content (AvgIpc) is 2.61. The van der Waals surface area contributed by atoms with Crippen molar-refractivity contribution >= 4 is 27.7 Å². The molecule has 0 spiro atoms. The zero-order valence-corrected chi connectivity index (χ0v) is 15.2. The normalized spacial score (nSPS) is 11.6. The standard InChI is InChI=1S/C19H21BrN2O2/c1-2-14(15-6-4-3-5-7-15)12-21-18(23)13-22-19(24)16-8-10-17(20)11-9-16/h3-11,14H,2,12-13H2,1H3,(H,21,23)(H,22,24). The van der Waals surface area contributed by atoms with E-state index in [1.54, 1.807) is 24.3 Å². The third kappa shape index (κ3) is 5.49. The molecule has 0 saturated heterocycles. The third-order valence-electron chi connectivity index (χ3n) is 3.83. The maximum Gasteiger partial charge on any atom is 0.251 e. The summed E-state index contributed by atoms with van der Waals surface area (Å²) in [5.74, 6) is -0.167. The smallest absolute Gasteiger partial charge is 0.251 e. The summed E-state index contributed by atoms with van der Waals surface area (Å²) < 4.78 is 0.906. The van der Waals surface area contributed by atoms with Crippen LogP contribution in [0.2, 0.25) is 0 Å². The molecule has 0 fully saturated rings. The fraction of sp³-hybridized carbons (Fsp3) is 0.263. The molecule has 1 unspecified atom stereocenters. The number of hydrogen-bond acceptors (Lipinski definition) is 2. The van der Waals surface area contributed by atoms with Crippen LogP contribution in [0.1, 0.15) is 35.2 Å². The van der Waals surface area contributed by atoms with Crippen LogP contribution in [0.4, 0.5) is 0 Å². The number of rotatable bonds is 7. The third-order valence-corrected chi connectivity index (χ3v) is 4.35. The lowest BCUT2D eigenvalue weighted by atomic mass is 9.96. The van der Waals surface area contributed by atoms with Crippen molar-refractivity contribution in [3.8, 4) is 0 Å². The number of benzene rings is 2. The highest BCUT2D eigenvalue weighted by atomic mass is 79.9. The number of nitrogens with one attached hydrogen (secondary N) is 2. The molecule has 0 aromatic heterocycles. The zero-order valence-electron chi connectivity index (χ0n) is 13.6. The van der Waals surface area contributed by atoms with Crippen molar-refractivity contribution in [1.29, 1.82) is 0 Å². The number of carbonyl (C=O) groups is 2. The van der Waals surface area contributed by atoms with Crippen molar-refractivity contribution < 1.29 is 9.59 Å². The minimum Gasteiger partial charge on any atom is -0.354 e. The molecule has 0 aliphatic heterocycles. The fourth-order valence-corrected chi connectivity index (χ4v) is 2.65. The van der Waals surface area contributed by atoms with E-state index in [9.17, 15) is 9.59 Å². The van der Waals surface area contributed by atoms with Gasteiger partial charge in [0.2, 0.25) is 5.91 Å². The molecule has 0 bridgehead atoms. The van der Waals surface area contributed by atoms with Gasteiger partial charge in [0.1, 0.15) is 0 Å². The van der Waals surface area contributed by atoms with Gasteiger partial charge in [-0.2, -0.15) is 0 Å². The van der Waals surface area contributed by atoms with Crippen LogP contribution in [0.3, 0.4) is 0 Å². The van der Waals surface area contributed by atoms with Gasteiger partial charge < -0.3 is 10.6 Å². The second-order valence-corrected chi connectivity index (χ2v) is 6.43. The number of amides is 2. The SMILES string of the molecule is CCC(CNC(=O)CNC(=O)c1ccc(Br)cc1)c1ccccc1. The van der Waals surface area contributed by atoms with Crippen molar-refractivity contribution in [2.24, 2.45) is 0 Å². The van der Waals surface area contributed by atoms with Crippen LogP contribution in [-0.2, 0) is 4.79 Å². The topological polar surface area (TPSA) is 58.2 Å². The molecule has 4 nitrogen and oxygen atoms in total. The molecular formula is C19H21BrN2O2. The Morgan fingerprint density at radius 3 is 2.29 bits per heavy atom. The van der Waals surface area contributed by atoms with E-state index in [0.717, 1.165) is 10.9 Å². The average molecular weight is 389 g/mol. The predicted molar refractivity (Wildman–Crippen MR) is 99.0 cm³/mol. The Balaban J connectivity index is 1.78. The molecule has 2 N–H and O–H groups in total. The molecule has 24 heavy (non-hydrogen) atoms. The van der Waals surface area contributed by atoms with Crippen molar-refractivity contribution in [2.45, 2.75) is 19.3 Å². The molecule has 2 amide bonds. The summed E-state index contributed by atoms with van der Waals surface area (Å²) in [6, 6.07) is 17.1. The van der Waals surface area contributed by atoms with Gasteiger partial charge in [0.25, 0.3) is 5.91 Å². The van der Waals surface area contributed by atoms with E-state index in [2.05, 4.69) is 45.6 Å². The summed E-state index contributed by atoms with van der Waals surface area (Å²) in [5, 5.41) is 5.52. The van der Waals surface area contributed by atoms with E-state index in [0.29, 0.717) is 12.1 Å². The molecule has 0 radical (unpaired) electrons. The molecular weight excluding hydrogens is 368 g/mol. The minimum atomic E-state index is -0.257. The van der Waals surface area contributed by atoms with E-state index in [1.807, 2.05) is 18.2 Å². The van der Waals surface area contributed by atoms with Gasteiger partial charge >= 0.3 is 0 Å². The van der Waals surface area contributed by atoms with E-state index < -0.39 is 0 Å². The van der Waals surface area contributed by atoms with Gasteiger partial charge in [-0.25, -0.2) is 0 Å². The van der Waals surface area contributed by atoms with E-state index in [-0.39, 0.29) is 24.3 Å². The van der Waals surface area contributed by atoms with Gasteiger partial charge in [-0.1, -0.05) is 53.2 Å². The minimum absolute atomic E-state index is 0.0277. The number of carbonyl (C=O) groups excluding carboxylic acids is 2. The lowest BCUT2D eigenvalue weighted by Crippen LogP contribution is -2.38. The molecule has 1 atom stereocenters. The monoisotopic (exact) mass is 388 g/mol. The van der Waals surface area contributed by atoms with Crippen LogP contribution in [0.15, 0.2) is 59.1 Å². The summed E-state index contributed by atoms with van der Waals surface area (Å²) in [7, 11) is 0. The van der Waals surface area contributed by atoms with Crippen LogP contribution >= 0.6 is 15.9 Å². The lowest BCUT2D eigenvalue weighted by Gasteiger charge is -2.16. The Kier molecular flexibility index (Phi) is 7.00. The summed E-state index contributed by atoms with van der Waals surface area (Å²) in [6.07, 6.45) is 0.940. The summed E-state index contributed by atoms with van der Waals surface area (Å²) in [6.45, 7) is 2.63. The highest BCUT2D eigenvalue weighted by Gasteiger charge is 2.12. The maximum absolute atomic E-state index is 12.0. The quantitative estimate of drug-likeness (QED) is 0.762. The van der Waals surface area contributed by atoms with Crippen LogP contribution in [0.5, 0.6) is 0 Å². The van der Waals surface area contributed by atoms with Gasteiger partial charge in [-0.3, -0.25) is 9.59 Å². The highest BCUT2D eigenvalue weighted by Crippen LogP contribution is 2.17. The first-order valence-electron chi connectivity index (χ1n) is 7.95. The highest BCUT2D eigenvalue weighted by molar-refractivity contribution is 9.10. The predicted octanol–water partition coefficient (Wildman–Crippen LogP) is 3.49. The molecule has 2 aromatic carbocycles. The Bertz CT molecular complexity index is 672. The first-order valence-corrected chi connectivity index (χ1v) is 8.75. The summed E-state index contributed by atoms with van der Waals surface area (Å²) >= 11 is 3.32. The second kappa shape index (κ2) is 9.23. The molecule has 0 aliphatic carbocycles. The van der Waals surface area contributed by atoms with Gasteiger partial charge in [-0.05, 0) is 36.2 Å². The Morgan fingerprint density at radius 1 is 1.00 bits per heavy atom. The zero-order chi connectivity index (χ0) is 17.4. The second-order valence-electron chi connectivity index (χ2n) is 5.51. The maximum atomic E-state index is 12.0. The van der Waals surface area contributed by atoms with Gasteiger partial charge in [0.15, 0.2) is 0 Å². The van der Waals surface area contributed by atoms with Gasteiger partial charge in [0.05, 0.1) is 6.54 Å². The van der Waals surface area contributed by atoms with E-state index in [4.69, 9.17) is 0 Å². The molecule has 2 rings (SSSR count). The van der Waals surface area contributed by atoms with E-state index >= 15 is 0 Å². The van der Waals surface area contributed by atoms with Crippen LogP contribution in [0, 0.1) is 0 Å². The summed E-state index contributed by atoms with van der Waals surface area (Å²) in [5.41, 5.74) is 1.74. The Hall–Kier alpha value is -2.14. The lowest BCUT2D eigenvalue weighted by molar-refractivity contribution is -0.120. The summed E-state index contributed by atoms with van der Waals surface area (Å²) in [4.78, 5) is 23.9. The Labute approximate surface area is 150 Å². The molecule has 2 aromatic rings. The molecule has 5 heteroatoms. The fourth-order valence-electron chi connectivity index (χ4n) is 2.39. The number of hydrogen-bond donors (Lipinski definition) is 2. The molecule has 0 saturated carbocycles. The molecule has 0 aliphatic rings. The first kappa shape index (κ1) is 18.2. The number of halogens is 1. The van der Waals surface area contributed by atoms with Gasteiger partial charge in [-0.15, -0.1) is 0 Å². The largest absolute Gasteiger partial charge is 0.354 e. The van der Waals surface area contributed by atoms with Crippen molar-refractivity contribution in [1.82, 2.24) is 10.6 Å². The first-order chi connectivity index (χ1) is 11.6. The molecule has 0 heterocycles. The van der Waals surface area contributed by atoms with Crippen LogP contribution < -0.4 is 10.6 Å². The van der Waals surface area contributed by atoms with Crippen molar-refractivity contribution in [3.63, 3.8) is 0 Å². The Morgan fingerprint density at radius 2 is 1.67 bits per heavy atom. The van der Waals surface area contributed by atoms with E-state index in [1.165, 1.54) is 5.56 Å². The van der Waals surface area contributed by atoms with Crippen molar-refractivity contribution in [3.05, 3.63) is 70.2 Å². The van der Waals surface area contributed by atoms with Crippen molar-refractivity contribution in [2.75, 3.05) is 13.1 Å². The van der Waals surface area contributed by atoms with Crippen LogP contribution in [0.25, 0.3) is 0 Å². The van der Waals surface area contributed by atoms with Crippen LogP contribution in [-0.4, -0.2) is 24.9 Å². The van der Waals surface area contributed by atoms with Gasteiger partial charge in [0, 0.05) is 22.5 Å².